The fraction of sp³-hybridized carbons (Fsp3) is 0.558. The highest BCUT2D eigenvalue weighted by Gasteiger charge is 2.78. The molecule has 1 aliphatic heterocycles. The second-order valence-corrected chi connectivity index (χ2v) is 17.6. The van der Waals surface area contributed by atoms with Gasteiger partial charge in [-0.25, -0.2) is 14.4 Å². The Morgan fingerprint density at radius 3 is 2.10 bits per heavy atom. The van der Waals surface area contributed by atoms with Crippen LogP contribution in [0.25, 0.3) is 0 Å². The number of carbonyl (C=O) groups is 5. The van der Waals surface area contributed by atoms with Crippen molar-refractivity contribution in [1.29, 1.82) is 0 Å². The van der Waals surface area contributed by atoms with Crippen molar-refractivity contribution < 1.29 is 68.1 Å². The van der Waals surface area contributed by atoms with E-state index in [0.29, 0.717) is 5.56 Å². The van der Waals surface area contributed by atoms with Gasteiger partial charge in [-0.15, -0.1) is 0 Å². The number of ether oxygens (including phenoxy) is 5. The van der Waals surface area contributed by atoms with Gasteiger partial charge < -0.3 is 49.4 Å². The highest BCUT2D eigenvalue weighted by atomic mass is 16.6. The second kappa shape index (κ2) is 15.2. The average Bonchev–Trinajstić information content (AvgIpc) is 3.14. The minimum absolute atomic E-state index is 0.0637. The van der Waals surface area contributed by atoms with Gasteiger partial charge >= 0.3 is 24.0 Å². The summed E-state index contributed by atoms with van der Waals surface area (Å²) >= 11 is 0. The van der Waals surface area contributed by atoms with Crippen LogP contribution in [0, 0.1) is 16.7 Å². The molecule has 11 atom stereocenters. The van der Waals surface area contributed by atoms with Crippen LogP contribution >= 0.6 is 0 Å². The van der Waals surface area contributed by atoms with Crippen LogP contribution in [0.5, 0.6) is 0 Å². The quantitative estimate of drug-likeness (QED) is 0.147. The smallest absolute Gasteiger partial charge is 0.408 e. The van der Waals surface area contributed by atoms with Crippen molar-refractivity contribution in [2.75, 3.05) is 6.61 Å². The third-order valence-corrected chi connectivity index (χ3v) is 12.6. The van der Waals surface area contributed by atoms with E-state index in [1.165, 1.54) is 26.0 Å². The topological polar surface area (TPSA) is 224 Å². The van der Waals surface area contributed by atoms with Crippen LogP contribution in [-0.4, -0.2) is 110 Å². The van der Waals surface area contributed by atoms with Crippen LogP contribution in [0.3, 0.4) is 0 Å². The van der Waals surface area contributed by atoms with Crippen molar-refractivity contribution in [2.24, 2.45) is 16.7 Å². The monoisotopic (exact) mass is 807 g/mol. The molecule has 15 heteroatoms. The van der Waals surface area contributed by atoms with Gasteiger partial charge in [0.25, 0.3) is 0 Å². The number of rotatable bonds is 8. The molecular weight excluding hydrogens is 754 g/mol. The van der Waals surface area contributed by atoms with Crippen molar-refractivity contribution in [2.45, 2.75) is 128 Å². The number of fused-ring (bicyclic) bond motifs is 5. The van der Waals surface area contributed by atoms with E-state index in [4.69, 9.17) is 23.7 Å². The number of aliphatic hydroxyl groups excluding tert-OH is 3. The molecule has 58 heavy (non-hydrogen) atoms. The number of carbonyl (C=O) groups excluding carboxylic acids is 5. The third kappa shape index (κ3) is 7.10. The van der Waals surface area contributed by atoms with Crippen LogP contribution in [0.2, 0.25) is 0 Å². The lowest BCUT2D eigenvalue weighted by atomic mass is 9.44. The summed E-state index contributed by atoms with van der Waals surface area (Å²) in [6.45, 7) is 11.8. The van der Waals surface area contributed by atoms with Gasteiger partial charge in [0.1, 0.15) is 35.6 Å². The van der Waals surface area contributed by atoms with E-state index in [2.05, 4.69) is 5.32 Å². The van der Waals surface area contributed by atoms with Crippen molar-refractivity contribution in [3.05, 3.63) is 82.9 Å². The number of alkyl carbamates (subject to hydrolysis) is 1. The second-order valence-electron chi connectivity index (χ2n) is 17.6. The number of ketones is 1. The van der Waals surface area contributed by atoms with Gasteiger partial charge in [0.05, 0.1) is 35.6 Å². The molecule has 6 rings (SSSR count). The molecule has 2 aromatic carbocycles. The predicted molar refractivity (Wildman–Crippen MR) is 204 cm³/mol. The molecule has 1 amide bonds. The molecule has 1 saturated heterocycles. The highest BCUT2D eigenvalue weighted by Crippen LogP contribution is 2.64. The Labute approximate surface area is 336 Å². The summed E-state index contributed by atoms with van der Waals surface area (Å²) in [4.78, 5) is 68.9. The molecular formula is C43H53NO14. The number of nitrogens with one attached hydrogen (secondary N) is 1. The normalized spacial score (nSPS) is 33.7. The number of hydrogen-bond donors (Lipinski definition) is 5. The highest BCUT2D eigenvalue weighted by molar-refractivity contribution is 5.94. The molecule has 4 aliphatic rings. The van der Waals surface area contributed by atoms with Gasteiger partial charge in [-0.05, 0) is 63.5 Å². The van der Waals surface area contributed by atoms with Gasteiger partial charge in [-0.1, -0.05) is 62.4 Å². The molecule has 0 radical (unpaired) electrons. The number of esters is 3. The summed E-state index contributed by atoms with van der Waals surface area (Å²) < 4.78 is 29.5. The van der Waals surface area contributed by atoms with Crippen molar-refractivity contribution >= 4 is 29.8 Å². The summed E-state index contributed by atoms with van der Waals surface area (Å²) in [6.07, 6.45) is -11.5. The Bertz CT molecular complexity index is 1980. The first-order valence-electron chi connectivity index (χ1n) is 19.3. The molecule has 3 aliphatic carbocycles. The Morgan fingerprint density at radius 1 is 0.948 bits per heavy atom. The Morgan fingerprint density at radius 2 is 1.55 bits per heavy atom. The van der Waals surface area contributed by atoms with E-state index in [9.17, 15) is 44.4 Å². The number of amides is 1. The van der Waals surface area contributed by atoms with Crippen LogP contribution in [-0.2, 0) is 38.1 Å². The maximum Gasteiger partial charge on any atom is 0.408 e. The van der Waals surface area contributed by atoms with Crippen LogP contribution in [0.15, 0.2) is 71.8 Å². The maximum absolute atomic E-state index is 14.9. The first-order valence-corrected chi connectivity index (χ1v) is 19.3. The van der Waals surface area contributed by atoms with E-state index in [-0.39, 0.29) is 29.7 Å². The number of benzene rings is 2. The molecule has 1 heterocycles. The van der Waals surface area contributed by atoms with Gasteiger partial charge in [0.2, 0.25) is 0 Å². The summed E-state index contributed by atoms with van der Waals surface area (Å²) in [6, 6.07) is 14.6. The minimum atomic E-state index is -2.35. The molecule has 3 unspecified atom stereocenters. The zero-order valence-electron chi connectivity index (χ0n) is 33.9. The Kier molecular flexibility index (Phi) is 11.2. The SMILES string of the molecule is CC(=O)O[C@@]12COC1C[C@H](O)[C@@]1(C)C(=O)[C@H](O)C3=C(C)C(OC(=O)[C@H](O)C(NC(=O)OC(C)(C)C)c4ccccc4)C[C@@](O)([C@@H](OC(=O)c4ccccc4)[C@@H]12)C3(C)C. The van der Waals surface area contributed by atoms with E-state index >= 15 is 0 Å². The van der Waals surface area contributed by atoms with Gasteiger partial charge in [0, 0.05) is 25.2 Å². The molecule has 2 saturated carbocycles. The summed E-state index contributed by atoms with van der Waals surface area (Å²) in [5.41, 5.74) is -8.14. The maximum atomic E-state index is 14.9. The van der Waals surface area contributed by atoms with Crippen molar-refractivity contribution in [1.82, 2.24) is 5.32 Å². The number of hydrogen-bond acceptors (Lipinski definition) is 14. The zero-order valence-corrected chi connectivity index (χ0v) is 33.9. The zero-order chi connectivity index (χ0) is 42.7. The molecule has 314 valence electrons. The lowest BCUT2D eigenvalue weighted by Gasteiger charge is -2.67. The molecule has 2 aromatic rings. The predicted octanol–water partition coefficient (Wildman–Crippen LogP) is 3.26. The van der Waals surface area contributed by atoms with Crippen LogP contribution in [0.4, 0.5) is 4.79 Å². The Hall–Kier alpha value is -4.67. The lowest BCUT2D eigenvalue weighted by molar-refractivity contribution is -0.346. The fourth-order valence-electron chi connectivity index (χ4n) is 9.56. The standard InChI is InChI=1S/C43H53NO14/c1-22-26(55-37(51)32(48)30(24-15-11-9-12-16-24)44-38(52)58-39(3,4)5)20-43(53)35(56-36(50)25-17-13-10-14-18-25)33-41(8,34(49)31(47)29(22)40(43,6)7)27(46)19-28-42(33,21-54-28)57-23(2)45/h9-18,26-28,30-33,35,46-48,53H,19-21H2,1-8H3,(H,44,52)/t26?,27-,28?,30?,31+,32+,33-,35-,41+,42-,43+/m0/s1. The lowest BCUT2D eigenvalue weighted by Crippen LogP contribution is -2.81. The molecule has 15 nitrogen and oxygen atoms in total. The molecule has 0 spiro atoms. The van der Waals surface area contributed by atoms with Crippen LogP contribution < -0.4 is 5.32 Å². The molecule has 2 bridgehead atoms. The first-order chi connectivity index (χ1) is 27.0. The molecule has 3 fully saturated rings. The summed E-state index contributed by atoms with van der Waals surface area (Å²) in [5, 5.41) is 51.6. The van der Waals surface area contributed by atoms with Crippen molar-refractivity contribution in [3.8, 4) is 0 Å². The van der Waals surface area contributed by atoms with E-state index in [0.717, 1.165) is 6.92 Å². The summed E-state index contributed by atoms with van der Waals surface area (Å²) in [5.74, 6) is -5.36. The average molecular weight is 808 g/mol. The minimum Gasteiger partial charge on any atom is -0.456 e. The van der Waals surface area contributed by atoms with Gasteiger partial charge in [0.15, 0.2) is 17.5 Å². The largest absolute Gasteiger partial charge is 0.456 e. The number of Topliss-reactive ketones (excluding diaryl/α,β-unsaturated/α-hetero) is 1. The van der Waals surface area contributed by atoms with Gasteiger partial charge in [-0.2, -0.15) is 0 Å². The number of aliphatic hydroxyl groups is 4. The molecule has 0 aromatic heterocycles. The van der Waals surface area contributed by atoms with Crippen molar-refractivity contribution in [3.63, 3.8) is 0 Å². The fourth-order valence-corrected chi connectivity index (χ4v) is 9.56. The first kappa shape index (κ1) is 42.9. The van der Waals surface area contributed by atoms with Crippen LogP contribution in [0.1, 0.15) is 90.2 Å². The van der Waals surface area contributed by atoms with E-state index < -0.39 is 112 Å². The summed E-state index contributed by atoms with van der Waals surface area (Å²) in [7, 11) is 0. The Balaban J connectivity index is 1.49. The van der Waals surface area contributed by atoms with Gasteiger partial charge in [-0.3, -0.25) is 9.59 Å². The third-order valence-electron chi connectivity index (χ3n) is 12.6. The van der Waals surface area contributed by atoms with E-state index in [1.54, 1.807) is 83.1 Å². The van der Waals surface area contributed by atoms with E-state index in [1.807, 2.05) is 0 Å². The molecule has 5 N–H and O–H groups in total.